The molecule has 3 heteroatoms. The molecule has 1 rings (SSSR count). The summed E-state index contributed by atoms with van der Waals surface area (Å²) < 4.78 is 4.80. The van der Waals surface area contributed by atoms with Crippen LogP contribution in [-0.4, -0.2) is 25.3 Å². The van der Waals surface area contributed by atoms with Crippen LogP contribution in [0.25, 0.3) is 0 Å². The number of ketones is 2. The van der Waals surface area contributed by atoms with Crippen LogP contribution in [0.2, 0.25) is 0 Å². The molecule has 0 aliphatic heterocycles. The lowest BCUT2D eigenvalue weighted by Gasteiger charge is -2.04. The lowest BCUT2D eigenvalue weighted by molar-refractivity contribution is -0.119. The van der Waals surface area contributed by atoms with Crippen molar-refractivity contribution in [3.8, 4) is 0 Å². The first-order valence-electron chi connectivity index (χ1n) is 5.65. The Morgan fingerprint density at radius 3 is 2.47 bits per heavy atom. The standard InChI is InChI=1S/C14H18O3/c1-10-4-5-12(8-11(10)2)14(16)9-13(15)6-7-17-3/h4-5,8H,6-7,9H2,1-3H3. The highest BCUT2D eigenvalue weighted by Crippen LogP contribution is 2.12. The predicted molar refractivity (Wildman–Crippen MR) is 66.4 cm³/mol. The van der Waals surface area contributed by atoms with E-state index in [1.807, 2.05) is 26.0 Å². The molecule has 3 nitrogen and oxygen atoms in total. The zero-order valence-electron chi connectivity index (χ0n) is 10.6. The second-order valence-electron chi connectivity index (χ2n) is 4.18. The van der Waals surface area contributed by atoms with Crippen molar-refractivity contribution >= 4 is 11.6 Å². The highest BCUT2D eigenvalue weighted by atomic mass is 16.5. The fourth-order valence-electron chi connectivity index (χ4n) is 1.50. The minimum Gasteiger partial charge on any atom is -0.384 e. The van der Waals surface area contributed by atoms with Gasteiger partial charge in [0.05, 0.1) is 13.0 Å². The summed E-state index contributed by atoms with van der Waals surface area (Å²) >= 11 is 0. The van der Waals surface area contributed by atoms with E-state index in [0.29, 0.717) is 18.6 Å². The summed E-state index contributed by atoms with van der Waals surface area (Å²) in [4.78, 5) is 23.3. The molecule has 0 amide bonds. The Hall–Kier alpha value is -1.48. The fraction of sp³-hybridized carbons (Fsp3) is 0.429. The van der Waals surface area contributed by atoms with Gasteiger partial charge in [-0.25, -0.2) is 0 Å². The van der Waals surface area contributed by atoms with E-state index in [1.54, 1.807) is 13.2 Å². The van der Waals surface area contributed by atoms with Crippen LogP contribution in [0.1, 0.15) is 34.3 Å². The van der Waals surface area contributed by atoms with Crippen LogP contribution in [0, 0.1) is 13.8 Å². The van der Waals surface area contributed by atoms with Gasteiger partial charge in [0.1, 0.15) is 5.78 Å². The maximum Gasteiger partial charge on any atom is 0.170 e. The monoisotopic (exact) mass is 234 g/mol. The largest absolute Gasteiger partial charge is 0.384 e. The quantitative estimate of drug-likeness (QED) is 0.561. The van der Waals surface area contributed by atoms with E-state index in [2.05, 4.69) is 0 Å². The van der Waals surface area contributed by atoms with E-state index < -0.39 is 0 Å². The molecule has 0 aliphatic carbocycles. The highest BCUT2D eigenvalue weighted by molar-refractivity contribution is 6.08. The minimum absolute atomic E-state index is 0.0359. The SMILES string of the molecule is COCCC(=O)CC(=O)c1ccc(C)c(C)c1. The number of aryl methyl sites for hydroxylation is 2. The molecule has 0 atom stereocenters. The van der Waals surface area contributed by atoms with Gasteiger partial charge in [0, 0.05) is 19.1 Å². The van der Waals surface area contributed by atoms with E-state index in [1.165, 1.54) is 0 Å². The summed E-state index contributed by atoms with van der Waals surface area (Å²) in [5, 5.41) is 0. The molecule has 17 heavy (non-hydrogen) atoms. The highest BCUT2D eigenvalue weighted by Gasteiger charge is 2.12. The lowest BCUT2D eigenvalue weighted by atomic mass is 10.0. The van der Waals surface area contributed by atoms with Crippen molar-refractivity contribution in [2.45, 2.75) is 26.7 Å². The third-order valence-corrected chi connectivity index (χ3v) is 2.77. The molecule has 0 saturated carbocycles. The molecule has 1 aromatic rings. The first-order valence-corrected chi connectivity index (χ1v) is 5.65. The Kier molecular flexibility index (Phi) is 5.04. The molecule has 0 spiro atoms. The number of carbonyl (C=O) groups excluding carboxylic acids is 2. The van der Waals surface area contributed by atoms with Gasteiger partial charge < -0.3 is 4.74 Å². The van der Waals surface area contributed by atoms with Crippen LogP contribution in [0.4, 0.5) is 0 Å². The van der Waals surface area contributed by atoms with Gasteiger partial charge >= 0.3 is 0 Å². The van der Waals surface area contributed by atoms with Crippen molar-refractivity contribution in [3.63, 3.8) is 0 Å². The third kappa shape index (κ3) is 4.11. The van der Waals surface area contributed by atoms with E-state index >= 15 is 0 Å². The summed E-state index contributed by atoms with van der Waals surface area (Å²) in [6.45, 7) is 4.32. The number of Topliss-reactive ketones (excluding diaryl/α,β-unsaturated/α-hetero) is 2. The van der Waals surface area contributed by atoms with Crippen LogP contribution in [0.3, 0.4) is 0 Å². The van der Waals surface area contributed by atoms with Crippen LogP contribution in [-0.2, 0) is 9.53 Å². The normalized spacial score (nSPS) is 10.3. The van der Waals surface area contributed by atoms with Gasteiger partial charge in [0.2, 0.25) is 0 Å². The summed E-state index contributed by atoms with van der Waals surface area (Å²) in [7, 11) is 1.54. The van der Waals surface area contributed by atoms with Crippen molar-refractivity contribution in [1.29, 1.82) is 0 Å². The number of hydrogen-bond donors (Lipinski definition) is 0. The van der Waals surface area contributed by atoms with Crippen molar-refractivity contribution < 1.29 is 14.3 Å². The average Bonchev–Trinajstić information content (AvgIpc) is 2.30. The molecule has 0 aromatic heterocycles. The van der Waals surface area contributed by atoms with Gasteiger partial charge in [-0.1, -0.05) is 12.1 Å². The van der Waals surface area contributed by atoms with E-state index in [4.69, 9.17) is 4.74 Å². The molecule has 0 N–H and O–H groups in total. The Morgan fingerprint density at radius 2 is 1.88 bits per heavy atom. The van der Waals surface area contributed by atoms with Crippen LogP contribution < -0.4 is 0 Å². The lowest BCUT2D eigenvalue weighted by Crippen LogP contribution is -2.10. The molecule has 1 aromatic carbocycles. The molecule has 0 radical (unpaired) electrons. The van der Waals surface area contributed by atoms with Gasteiger partial charge in [-0.3, -0.25) is 9.59 Å². The fourth-order valence-corrected chi connectivity index (χ4v) is 1.50. The summed E-state index contributed by atoms with van der Waals surface area (Å²) in [6, 6.07) is 5.51. The van der Waals surface area contributed by atoms with E-state index in [9.17, 15) is 9.59 Å². The Labute approximate surface area is 102 Å². The molecule has 0 unspecified atom stereocenters. The predicted octanol–water partition coefficient (Wildman–Crippen LogP) is 2.48. The molecule has 0 saturated heterocycles. The zero-order valence-corrected chi connectivity index (χ0v) is 10.6. The van der Waals surface area contributed by atoms with Crippen molar-refractivity contribution in [1.82, 2.24) is 0 Å². The number of benzene rings is 1. The number of carbonyl (C=O) groups is 2. The number of rotatable bonds is 6. The third-order valence-electron chi connectivity index (χ3n) is 2.77. The number of hydrogen-bond acceptors (Lipinski definition) is 3. The minimum atomic E-state index is -0.116. The molecule has 0 aliphatic rings. The molecular weight excluding hydrogens is 216 g/mol. The van der Waals surface area contributed by atoms with E-state index in [-0.39, 0.29) is 18.0 Å². The number of ether oxygens (including phenoxy) is 1. The van der Waals surface area contributed by atoms with Gasteiger partial charge in [-0.05, 0) is 31.0 Å². The Balaban J connectivity index is 2.63. The maximum absolute atomic E-state index is 11.8. The van der Waals surface area contributed by atoms with Crippen molar-refractivity contribution in [2.24, 2.45) is 0 Å². The van der Waals surface area contributed by atoms with Crippen molar-refractivity contribution in [3.05, 3.63) is 34.9 Å². The van der Waals surface area contributed by atoms with Crippen LogP contribution in [0.15, 0.2) is 18.2 Å². The molecule has 0 bridgehead atoms. The first-order chi connectivity index (χ1) is 8.04. The van der Waals surface area contributed by atoms with Gasteiger partial charge in [-0.15, -0.1) is 0 Å². The summed E-state index contributed by atoms with van der Waals surface area (Å²) in [5.74, 6) is -0.190. The maximum atomic E-state index is 11.8. The molecule has 0 fully saturated rings. The second kappa shape index (κ2) is 6.30. The Bertz CT molecular complexity index is 421. The average molecular weight is 234 g/mol. The molecule has 92 valence electrons. The van der Waals surface area contributed by atoms with Gasteiger partial charge in [-0.2, -0.15) is 0 Å². The second-order valence-corrected chi connectivity index (χ2v) is 4.18. The Morgan fingerprint density at radius 1 is 1.18 bits per heavy atom. The smallest absolute Gasteiger partial charge is 0.170 e. The van der Waals surface area contributed by atoms with E-state index in [0.717, 1.165) is 11.1 Å². The number of methoxy groups -OCH3 is 1. The molecule has 0 heterocycles. The zero-order chi connectivity index (χ0) is 12.8. The first kappa shape index (κ1) is 13.6. The summed E-state index contributed by atoms with van der Waals surface area (Å²) in [5.41, 5.74) is 2.83. The van der Waals surface area contributed by atoms with Crippen molar-refractivity contribution in [2.75, 3.05) is 13.7 Å². The van der Waals surface area contributed by atoms with Crippen LogP contribution in [0.5, 0.6) is 0 Å². The summed E-state index contributed by atoms with van der Waals surface area (Å²) in [6.07, 6.45) is 0.263. The molecular formula is C14H18O3. The van der Waals surface area contributed by atoms with Gasteiger partial charge in [0.25, 0.3) is 0 Å². The van der Waals surface area contributed by atoms with Crippen LogP contribution >= 0.6 is 0 Å². The topological polar surface area (TPSA) is 43.4 Å². The van der Waals surface area contributed by atoms with Gasteiger partial charge in [0.15, 0.2) is 5.78 Å².